The van der Waals surface area contributed by atoms with Crippen LogP contribution in [0.4, 0.5) is 5.95 Å². The van der Waals surface area contributed by atoms with Gasteiger partial charge in [0.15, 0.2) is 5.96 Å². The Hall–Kier alpha value is -1.89. The Morgan fingerprint density at radius 2 is 1.78 bits per heavy atom. The van der Waals surface area contributed by atoms with Crippen LogP contribution in [0, 0.1) is 5.92 Å². The van der Waals surface area contributed by atoms with Gasteiger partial charge in [0.05, 0.1) is 0 Å². The van der Waals surface area contributed by atoms with Crippen molar-refractivity contribution >= 4 is 11.9 Å². The average molecular weight is 374 g/mol. The molecule has 7 nitrogen and oxygen atoms in total. The number of guanidine groups is 1. The highest BCUT2D eigenvalue weighted by Crippen LogP contribution is 2.28. The van der Waals surface area contributed by atoms with Crippen molar-refractivity contribution in [1.29, 1.82) is 0 Å². The molecule has 1 aliphatic heterocycles. The van der Waals surface area contributed by atoms with E-state index in [0.29, 0.717) is 0 Å². The number of nitrogens with zero attached hydrogens (tertiary/aromatic N) is 5. The average Bonchev–Trinajstić information content (AvgIpc) is 3.24. The smallest absolute Gasteiger partial charge is 0.225 e. The lowest BCUT2D eigenvalue weighted by molar-refractivity contribution is 0.260. The van der Waals surface area contributed by atoms with Gasteiger partial charge in [0.1, 0.15) is 0 Å². The minimum atomic E-state index is 0.845. The second kappa shape index (κ2) is 11.1. The van der Waals surface area contributed by atoms with Gasteiger partial charge in [-0.15, -0.1) is 0 Å². The second-order valence-electron chi connectivity index (χ2n) is 7.60. The molecule has 3 rings (SSSR count). The molecule has 0 radical (unpaired) electrons. The normalized spacial score (nSPS) is 19.4. The lowest BCUT2D eigenvalue weighted by Gasteiger charge is -2.34. The van der Waals surface area contributed by atoms with Gasteiger partial charge in [0.25, 0.3) is 0 Å². The number of aliphatic imine (C=N–C) groups is 1. The van der Waals surface area contributed by atoms with Crippen LogP contribution in [0.15, 0.2) is 23.5 Å². The SMILES string of the molecule is CN=C(NCCCC1CCCC1)NCCN1CCN(c2ncccn2)CC1. The van der Waals surface area contributed by atoms with E-state index in [9.17, 15) is 0 Å². The molecule has 1 aliphatic carbocycles. The Kier molecular flexibility index (Phi) is 8.14. The van der Waals surface area contributed by atoms with Crippen molar-refractivity contribution in [2.45, 2.75) is 38.5 Å². The van der Waals surface area contributed by atoms with Gasteiger partial charge < -0.3 is 15.5 Å². The molecular weight excluding hydrogens is 338 g/mol. The minimum absolute atomic E-state index is 0.845. The van der Waals surface area contributed by atoms with E-state index in [1.165, 1.54) is 38.5 Å². The fraction of sp³-hybridized carbons (Fsp3) is 0.750. The van der Waals surface area contributed by atoms with E-state index in [2.05, 4.69) is 35.4 Å². The van der Waals surface area contributed by atoms with Crippen LogP contribution in [0.3, 0.4) is 0 Å². The van der Waals surface area contributed by atoms with E-state index in [4.69, 9.17) is 0 Å². The molecule has 2 aliphatic rings. The van der Waals surface area contributed by atoms with Crippen LogP contribution < -0.4 is 15.5 Å². The third-order valence-electron chi connectivity index (χ3n) is 5.71. The molecule has 150 valence electrons. The summed E-state index contributed by atoms with van der Waals surface area (Å²) in [6.45, 7) is 7.04. The van der Waals surface area contributed by atoms with Crippen molar-refractivity contribution in [3.05, 3.63) is 18.5 Å². The summed E-state index contributed by atoms with van der Waals surface area (Å²) in [5.41, 5.74) is 0. The molecule has 2 N–H and O–H groups in total. The third kappa shape index (κ3) is 6.65. The number of hydrogen-bond acceptors (Lipinski definition) is 5. The molecule has 0 aromatic carbocycles. The zero-order valence-electron chi connectivity index (χ0n) is 16.7. The lowest BCUT2D eigenvalue weighted by atomic mass is 10.0. The summed E-state index contributed by atoms with van der Waals surface area (Å²) in [6.07, 6.45) is 12.0. The maximum atomic E-state index is 4.34. The standard InChI is InChI=1S/C20H35N7/c1-21-19(22-9-4-8-18-6-2-3-7-18)23-12-13-26-14-16-27(17-15-26)20-24-10-5-11-25-20/h5,10-11,18H,2-4,6-9,12-17H2,1H3,(H2,21,22,23). The highest BCUT2D eigenvalue weighted by Gasteiger charge is 2.18. The molecule has 2 fully saturated rings. The first-order valence-electron chi connectivity index (χ1n) is 10.5. The molecule has 1 saturated heterocycles. The summed E-state index contributed by atoms with van der Waals surface area (Å²) in [5, 5.41) is 6.90. The third-order valence-corrected chi connectivity index (χ3v) is 5.71. The van der Waals surface area contributed by atoms with E-state index >= 15 is 0 Å². The summed E-state index contributed by atoms with van der Waals surface area (Å²) in [4.78, 5) is 17.8. The molecule has 1 aromatic heterocycles. The zero-order valence-corrected chi connectivity index (χ0v) is 16.7. The predicted octanol–water partition coefficient (Wildman–Crippen LogP) is 1.73. The molecule has 0 atom stereocenters. The van der Waals surface area contributed by atoms with Gasteiger partial charge in [-0.25, -0.2) is 9.97 Å². The number of nitrogens with one attached hydrogen (secondary N) is 2. The maximum absolute atomic E-state index is 4.34. The van der Waals surface area contributed by atoms with Crippen LogP contribution in [0.2, 0.25) is 0 Å². The first-order chi connectivity index (χ1) is 13.3. The summed E-state index contributed by atoms with van der Waals surface area (Å²) in [7, 11) is 1.85. The topological polar surface area (TPSA) is 68.7 Å². The van der Waals surface area contributed by atoms with Crippen LogP contribution in [0.25, 0.3) is 0 Å². The molecule has 1 saturated carbocycles. The summed E-state index contributed by atoms with van der Waals surface area (Å²) in [5.74, 6) is 2.75. The number of piperazine rings is 1. The largest absolute Gasteiger partial charge is 0.356 e. The maximum Gasteiger partial charge on any atom is 0.225 e. The number of aromatic nitrogens is 2. The lowest BCUT2D eigenvalue weighted by Crippen LogP contribution is -2.49. The Labute approximate surface area is 163 Å². The van der Waals surface area contributed by atoms with Gasteiger partial charge in [0, 0.05) is 65.3 Å². The van der Waals surface area contributed by atoms with Gasteiger partial charge in [0.2, 0.25) is 5.95 Å². The van der Waals surface area contributed by atoms with Crippen LogP contribution in [0.1, 0.15) is 38.5 Å². The van der Waals surface area contributed by atoms with E-state index in [1.54, 1.807) is 0 Å². The molecule has 1 aromatic rings. The van der Waals surface area contributed by atoms with Crippen molar-refractivity contribution in [2.75, 3.05) is 57.8 Å². The van der Waals surface area contributed by atoms with E-state index in [0.717, 1.165) is 63.6 Å². The molecule has 2 heterocycles. The van der Waals surface area contributed by atoms with Gasteiger partial charge in [-0.3, -0.25) is 9.89 Å². The van der Waals surface area contributed by atoms with Crippen molar-refractivity contribution < 1.29 is 0 Å². The number of rotatable bonds is 8. The molecule has 0 unspecified atom stereocenters. The summed E-state index contributed by atoms with van der Waals surface area (Å²) < 4.78 is 0. The highest BCUT2D eigenvalue weighted by atomic mass is 15.3. The van der Waals surface area contributed by atoms with Gasteiger partial charge in [-0.05, 0) is 24.8 Å². The molecule has 27 heavy (non-hydrogen) atoms. The van der Waals surface area contributed by atoms with Crippen LogP contribution in [0.5, 0.6) is 0 Å². The Morgan fingerprint density at radius 3 is 2.48 bits per heavy atom. The van der Waals surface area contributed by atoms with Crippen LogP contribution in [-0.2, 0) is 0 Å². The molecule has 0 amide bonds. The number of anilines is 1. The molecule has 7 heteroatoms. The van der Waals surface area contributed by atoms with E-state index in [-0.39, 0.29) is 0 Å². The van der Waals surface area contributed by atoms with Crippen LogP contribution >= 0.6 is 0 Å². The van der Waals surface area contributed by atoms with Crippen molar-refractivity contribution in [3.63, 3.8) is 0 Å². The Balaban J connectivity index is 1.25. The van der Waals surface area contributed by atoms with Gasteiger partial charge >= 0.3 is 0 Å². The van der Waals surface area contributed by atoms with Crippen molar-refractivity contribution in [3.8, 4) is 0 Å². The monoisotopic (exact) mass is 373 g/mol. The molecular formula is C20H35N7. The Bertz CT molecular complexity index is 549. The van der Waals surface area contributed by atoms with Crippen molar-refractivity contribution in [2.24, 2.45) is 10.9 Å². The van der Waals surface area contributed by atoms with Crippen molar-refractivity contribution in [1.82, 2.24) is 25.5 Å². The number of hydrogen-bond donors (Lipinski definition) is 2. The fourth-order valence-electron chi connectivity index (χ4n) is 4.08. The minimum Gasteiger partial charge on any atom is -0.356 e. The highest BCUT2D eigenvalue weighted by molar-refractivity contribution is 5.79. The summed E-state index contributed by atoms with van der Waals surface area (Å²) >= 11 is 0. The fourth-order valence-corrected chi connectivity index (χ4v) is 4.08. The quantitative estimate of drug-likeness (QED) is 0.411. The molecule has 0 spiro atoms. The zero-order chi connectivity index (χ0) is 18.7. The first-order valence-corrected chi connectivity index (χ1v) is 10.5. The summed E-state index contributed by atoms with van der Waals surface area (Å²) in [6, 6.07) is 1.86. The first kappa shape index (κ1) is 19.9. The Morgan fingerprint density at radius 1 is 1.07 bits per heavy atom. The molecule has 0 bridgehead atoms. The van der Waals surface area contributed by atoms with E-state index < -0.39 is 0 Å². The second-order valence-corrected chi connectivity index (χ2v) is 7.60. The van der Waals surface area contributed by atoms with Gasteiger partial charge in [-0.2, -0.15) is 0 Å². The van der Waals surface area contributed by atoms with E-state index in [1.807, 2.05) is 25.5 Å². The van der Waals surface area contributed by atoms with Gasteiger partial charge in [-0.1, -0.05) is 25.7 Å². The van der Waals surface area contributed by atoms with Crippen LogP contribution in [-0.4, -0.2) is 73.7 Å². The predicted molar refractivity (Wildman–Crippen MR) is 111 cm³/mol.